The zero-order valence-electron chi connectivity index (χ0n) is 25.0. The predicted molar refractivity (Wildman–Crippen MR) is 167 cm³/mol. The molecule has 1 aliphatic heterocycles. The summed E-state index contributed by atoms with van der Waals surface area (Å²) in [6, 6.07) is 9.23. The highest BCUT2D eigenvalue weighted by molar-refractivity contribution is 5.96. The molecule has 5 atom stereocenters. The number of aliphatic imine (C=N–C) groups is 1. The van der Waals surface area contributed by atoms with Crippen molar-refractivity contribution in [1.82, 2.24) is 19.8 Å². The minimum atomic E-state index is -0.811. The van der Waals surface area contributed by atoms with Crippen LogP contribution in [-0.2, 0) is 13.7 Å². The first-order valence-corrected chi connectivity index (χ1v) is 14.9. The van der Waals surface area contributed by atoms with Crippen LogP contribution in [0.2, 0.25) is 0 Å². The number of halogens is 2. The molecule has 1 unspecified atom stereocenters. The van der Waals surface area contributed by atoms with Gasteiger partial charge in [0, 0.05) is 44.5 Å². The molecule has 4 aliphatic rings. The molecule has 3 aliphatic carbocycles. The van der Waals surface area contributed by atoms with E-state index >= 15 is 0 Å². The van der Waals surface area contributed by atoms with Crippen molar-refractivity contribution < 1.29 is 13.5 Å². The number of nitrogens with one attached hydrogen (secondary N) is 2. The van der Waals surface area contributed by atoms with E-state index in [1.807, 2.05) is 12.1 Å². The Morgan fingerprint density at radius 3 is 2.67 bits per heavy atom. The molecule has 8 nitrogen and oxygen atoms in total. The number of ether oxygens (including phenoxy) is 1. The topological polar surface area (TPSA) is 83.8 Å². The third-order valence-electron chi connectivity index (χ3n) is 9.95. The number of nitrogens with zero attached hydrogens (tertiary/aromatic N) is 4. The SMILES string of the molecule is C.C[C@@H]1C(N=C(Nc2ccc3c(=O)n(C)c(COc4ccc(F)cc4F)nc3c2)N2CCN[C@@H](C)C2)C[C@H]2C[C@@H]1C2(C)C. The van der Waals surface area contributed by atoms with Crippen LogP contribution in [0.3, 0.4) is 0 Å². The summed E-state index contributed by atoms with van der Waals surface area (Å²) >= 11 is 0. The summed E-state index contributed by atoms with van der Waals surface area (Å²) in [7, 11) is 1.61. The van der Waals surface area contributed by atoms with Crippen LogP contribution in [0, 0.1) is 34.8 Å². The Hall–Kier alpha value is -3.53. The molecule has 10 heteroatoms. The molecule has 3 saturated carbocycles. The molecule has 43 heavy (non-hydrogen) atoms. The normalized spacial score (nSPS) is 26.4. The summed E-state index contributed by atoms with van der Waals surface area (Å²) in [4.78, 5) is 25.5. The molecular formula is C33H44F2N6O2. The number of aromatic nitrogens is 2. The van der Waals surface area contributed by atoms with E-state index in [0.717, 1.165) is 49.8 Å². The maximum absolute atomic E-state index is 14.1. The van der Waals surface area contributed by atoms with Crippen molar-refractivity contribution in [3.8, 4) is 5.75 Å². The van der Waals surface area contributed by atoms with Gasteiger partial charge in [-0.15, -0.1) is 0 Å². The highest BCUT2D eigenvalue weighted by Gasteiger charge is 2.56. The van der Waals surface area contributed by atoms with Crippen LogP contribution < -0.4 is 20.9 Å². The van der Waals surface area contributed by atoms with E-state index in [4.69, 9.17) is 9.73 Å². The van der Waals surface area contributed by atoms with Gasteiger partial charge in [-0.1, -0.05) is 28.2 Å². The maximum atomic E-state index is 14.1. The number of guanidine groups is 1. The number of hydrogen-bond donors (Lipinski definition) is 2. The second-order valence-electron chi connectivity index (χ2n) is 12.9. The standard InChI is InChI=1S/C32H40F2N6O2.CH4/c1-18-16-40(11-10-35-18)31(38-26-13-20-12-24(19(26)2)32(20,3)4)36-22-7-8-23-27(15-22)37-29(39(5)30(23)41)17-42-28-9-6-21(33)14-25(28)34;/h6-9,14-15,18-20,24,26,35H,10-13,16-17H2,1-5H3,(H,36,38);1H4/t18-,19-,20+,24-,26?;/m0./s1. The quantitative estimate of drug-likeness (QED) is 0.297. The fraction of sp³-hybridized carbons (Fsp3) is 0.545. The Morgan fingerprint density at radius 2 is 1.98 bits per heavy atom. The fourth-order valence-electron chi connectivity index (χ4n) is 7.16. The second-order valence-corrected chi connectivity index (χ2v) is 12.9. The number of anilines is 1. The van der Waals surface area contributed by atoms with Gasteiger partial charge in [0.15, 0.2) is 17.5 Å². The number of rotatable bonds is 5. The minimum absolute atomic E-state index is 0. The fourth-order valence-corrected chi connectivity index (χ4v) is 7.16. The van der Waals surface area contributed by atoms with E-state index in [1.54, 1.807) is 13.1 Å². The maximum Gasteiger partial charge on any atom is 0.261 e. The molecule has 0 spiro atoms. The molecule has 7 rings (SSSR count). The monoisotopic (exact) mass is 594 g/mol. The van der Waals surface area contributed by atoms with E-state index in [-0.39, 0.29) is 31.4 Å². The van der Waals surface area contributed by atoms with Gasteiger partial charge in [0.2, 0.25) is 0 Å². The molecule has 2 bridgehead atoms. The lowest BCUT2D eigenvalue weighted by Gasteiger charge is -2.61. The summed E-state index contributed by atoms with van der Waals surface area (Å²) in [5.74, 6) is 1.50. The lowest BCUT2D eigenvalue weighted by Crippen LogP contribution is -2.57. The van der Waals surface area contributed by atoms with E-state index < -0.39 is 11.6 Å². The minimum Gasteiger partial charge on any atom is -0.483 e. The Morgan fingerprint density at radius 1 is 1.19 bits per heavy atom. The van der Waals surface area contributed by atoms with Crippen LogP contribution in [-0.4, -0.2) is 52.1 Å². The summed E-state index contributed by atoms with van der Waals surface area (Å²) in [5.41, 5.74) is 1.46. The molecule has 2 aromatic carbocycles. The van der Waals surface area contributed by atoms with Gasteiger partial charge in [-0.05, 0) is 73.3 Å². The smallest absolute Gasteiger partial charge is 0.261 e. The van der Waals surface area contributed by atoms with Crippen molar-refractivity contribution in [1.29, 1.82) is 0 Å². The highest BCUT2D eigenvalue weighted by Crippen LogP contribution is 2.61. The van der Waals surface area contributed by atoms with Gasteiger partial charge in [0.1, 0.15) is 18.2 Å². The zero-order chi connectivity index (χ0) is 29.8. The summed E-state index contributed by atoms with van der Waals surface area (Å²) in [6.45, 7) is 11.8. The zero-order valence-corrected chi connectivity index (χ0v) is 25.0. The van der Waals surface area contributed by atoms with E-state index in [0.29, 0.717) is 45.9 Å². The van der Waals surface area contributed by atoms with Crippen molar-refractivity contribution in [2.24, 2.45) is 35.2 Å². The summed E-state index contributed by atoms with van der Waals surface area (Å²) < 4.78 is 34.4. The van der Waals surface area contributed by atoms with Gasteiger partial charge in [0.05, 0.1) is 16.9 Å². The van der Waals surface area contributed by atoms with Crippen molar-refractivity contribution in [2.75, 3.05) is 25.0 Å². The second kappa shape index (κ2) is 11.9. The summed E-state index contributed by atoms with van der Waals surface area (Å²) in [6.07, 6.45) is 2.41. The number of benzene rings is 2. The lowest BCUT2D eigenvalue weighted by molar-refractivity contribution is -0.108. The van der Waals surface area contributed by atoms with Crippen molar-refractivity contribution >= 4 is 22.5 Å². The van der Waals surface area contributed by atoms with Crippen LogP contribution in [0.15, 0.2) is 46.2 Å². The highest BCUT2D eigenvalue weighted by atomic mass is 19.1. The van der Waals surface area contributed by atoms with E-state index in [1.165, 1.54) is 17.1 Å². The Labute approximate surface area is 252 Å². The Kier molecular flexibility index (Phi) is 8.53. The first-order chi connectivity index (χ1) is 20.0. The van der Waals surface area contributed by atoms with Crippen molar-refractivity contribution in [3.05, 3.63) is 64.2 Å². The molecule has 1 saturated heterocycles. The molecule has 3 aromatic rings. The van der Waals surface area contributed by atoms with Gasteiger partial charge in [-0.25, -0.2) is 18.8 Å². The molecule has 0 radical (unpaired) electrons. The summed E-state index contributed by atoms with van der Waals surface area (Å²) in [5, 5.41) is 7.57. The molecule has 1 aromatic heterocycles. The molecule has 4 fully saturated rings. The Bertz CT molecular complexity index is 1590. The lowest BCUT2D eigenvalue weighted by atomic mass is 9.45. The molecule has 2 heterocycles. The largest absolute Gasteiger partial charge is 0.483 e. The predicted octanol–water partition coefficient (Wildman–Crippen LogP) is 5.56. The van der Waals surface area contributed by atoms with Gasteiger partial charge in [0.25, 0.3) is 5.56 Å². The van der Waals surface area contributed by atoms with E-state index in [9.17, 15) is 13.6 Å². The first kappa shape index (κ1) is 30.9. The Balaban J connectivity index is 0.00000368. The van der Waals surface area contributed by atoms with Crippen LogP contribution in [0.1, 0.15) is 53.8 Å². The van der Waals surface area contributed by atoms with Crippen LogP contribution in [0.5, 0.6) is 5.75 Å². The van der Waals surface area contributed by atoms with Gasteiger partial charge in [-0.3, -0.25) is 9.36 Å². The third kappa shape index (κ3) is 5.86. The third-order valence-corrected chi connectivity index (χ3v) is 9.95. The van der Waals surface area contributed by atoms with Crippen molar-refractivity contribution in [2.45, 2.75) is 66.7 Å². The molecule has 0 amide bonds. The average molecular weight is 595 g/mol. The van der Waals surface area contributed by atoms with Gasteiger partial charge >= 0.3 is 0 Å². The number of fused-ring (bicyclic) bond motifs is 3. The first-order valence-electron chi connectivity index (χ1n) is 14.9. The van der Waals surface area contributed by atoms with Crippen LogP contribution >= 0.6 is 0 Å². The van der Waals surface area contributed by atoms with Gasteiger partial charge < -0.3 is 20.3 Å². The van der Waals surface area contributed by atoms with Gasteiger partial charge in [-0.2, -0.15) is 0 Å². The number of hydrogen-bond acceptors (Lipinski definition) is 5. The van der Waals surface area contributed by atoms with Crippen LogP contribution in [0.25, 0.3) is 10.9 Å². The van der Waals surface area contributed by atoms with E-state index in [2.05, 4.69) is 48.2 Å². The van der Waals surface area contributed by atoms with Crippen LogP contribution in [0.4, 0.5) is 14.5 Å². The molecular weight excluding hydrogens is 550 g/mol. The molecule has 2 N–H and O–H groups in total. The average Bonchev–Trinajstić information content (AvgIpc) is 2.95. The molecule has 232 valence electrons. The number of piperazine rings is 1. The van der Waals surface area contributed by atoms with Crippen molar-refractivity contribution in [3.63, 3.8) is 0 Å².